The van der Waals surface area contributed by atoms with Crippen molar-refractivity contribution in [3.63, 3.8) is 0 Å². The van der Waals surface area contributed by atoms with Crippen LogP contribution in [0.25, 0.3) is 0 Å². The number of anilines is 1. The first-order valence-electron chi connectivity index (χ1n) is 8.55. The zero-order valence-electron chi connectivity index (χ0n) is 15.6. The maximum absolute atomic E-state index is 12.6. The summed E-state index contributed by atoms with van der Waals surface area (Å²) in [5, 5.41) is 2.94. The summed E-state index contributed by atoms with van der Waals surface area (Å²) in [6, 6.07) is 13.6. The van der Waals surface area contributed by atoms with E-state index in [0.717, 1.165) is 12.0 Å². The summed E-state index contributed by atoms with van der Waals surface area (Å²) in [6.45, 7) is 6.31. The maximum Gasteiger partial charge on any atom is 0.231 e. The van der Waals surface area contributed by atoms with Gasteiger partial charge in [-0.05, 0) is 30.4 Å². The van der Waals surface area contributed by atoms with E-state index in [9.17, 15) is 4.79 Å². The second kappa shape index (κ2) is 8.56. The van der Waals surface area contributed by atoms with E-state index in [2.05, 4.69) is 31.3 Å². The van der Waals surface area contributed by atoms with Gasteiger partial charge in [0.1, 0.15) is 11.5 Å². The minimum atomic E-state index is -0.245. The molecule has 25 heavy (non-hydrogen) atoms. The van der Waals surface area contributed by atoms with Gasteiger partial charge in [-0.25, -0.2) is 0 Å². The second-order valence-electron chi connectivity index (χ2n) is 6.65. The first-order chi connectivity index (χ1) is 11.9. The summed E-state index contributed by atoms with van der Waals surface area (Å²) in [7, 11) is 3.17. The van der Waals surface area contributed by atoms with E-state index >= 15 is 0 Å². The van der Waals surface area contributed by atoms with Crippen molar-refractivity contribution in [3.05, 3.63) is 53.6 Å². The Morgan fingerprint density at radius 2 is 1.52 bits per heavy atom. The monoisotopic (exact) mass is 341 g/mol. The highest BCUT2D eigenvalue weighted by Crippen LogP contribution is 2.27. The van der Waals surface area contributed by atoms with E-state index in [4.69, 9.17) is 9.47 Å². The molecule has 0 saturated carbocycles. The Labute approximate surface area is 150 Å². The van der Waals surface area contributed by atoms with E-state index in [-0.39, 0.29) is 11.8 Å². The van der Waals surface area contributed by atoms with E-state index in [0.29, 0.717) is 23.1 Å². The molecule has 1 N–H and O–H groups in total. The predicted octanol–water partition coefficient (Wildman–Crippen LogP) is 4.64. The van der Waals surface area contributed by atoms with Crippen LogP contribution in [0.15, 0.2) is 42.5 Å². The lowest BCUT2D eigenvalue weighted by molar-refractivity contribution is -0.117. The zero-order chi connectivity index (χ0) is 18.4. The quantitative estimate of drug-likeness (QED) is 0.798. The average molecular weight is 341 g/mol. The molecule has 0 bridgehead atoms. The second-order valence-corrected chi connectivity index (χ2v) is 6.65. The molecule has 0 spiro atoms. The minimum absolute atomic E-state index is 0.0630. The van der Waals surface area contributed by atoms with E-state index < -0.39 is 0 Å². The van der Waals surface area contributed by atoms with Gasteiger partial charge in [-0.2, -0.15) is 0 Å². The van der Waals surface area contributed by atoms with Crippen molar-refractivity contribution in [1.29, 1.82) is 0 Å². The van der Waals surface area contributed by atoms with Gasteiger partial charge in [-0.1, -0.05) is 38.1 Å². The molecule has 0 radical (unpaired) electrons. The van der Waals surface area contributed by atoms with Crippen LogP contribution in [0, 0.1) is 5.92 Å². The van der Waals surface area contributed by atoms with Crippen molar-refractivity contribution in [2.24, 2.45) is 5.92 Å². The van der Waals surface area contributed by atoms with Crippen molar-refractivity contribution in [3.8, 4) is 11.5 Å². The third-order valence-corrected chi connectivity index (χ3v) is 4.14. The molecule has 4 nitrogen and oxygen atoms in total. The molecule has 0 aliphatic rings. The molecular weight excluding hydrogens is 314 g/mol. The summed E-state index contributed by atoms with van der Waals surface area (Å²) in [4.78, 5) is 12.6. The largest absolute Gasteiger partial charge is 0.497 e. The average Bonchev–Trinajstić information content (AvgIpc) is 2.60. The molecule has 0 aromatic heterocycles. The molecular formula is C21H27NO3. The Hall–Kier alpha value is -2.49. The SMILES string of the molecule is COc1cc(NC(=O)[C@@H](C)c2ccc(CC(C)C)cc2)cc(OC)c1. The minimum Gasteiger partial charge on any atom is -0.497 e. The summed E-state index contributed by atoms with van der Waals surface area (Å²) < 4.78 is 10.5. The molecule has 134 valence electrons. The molecule has 0 heterocycles. The van der Waals surface area contributed by atoms with Crippen LogP contribution in [0.2, 0.25) is 0 Å². The maximum atomic E-state index is 12.6. The van der Waals surface area contributed by atoms with Gasteiger partial charge in [-0.3, -0.25) is 4.79 Å². The normalized spacial score (nSPS) is 11.9. The molecule has 0 aliphatic heterocycles. The van der Waals surface area contributed by atoms with Gasteiger partial charge in [0.2, 0.25) is 5.91 Å². The lowest BCUT2D eigenvalue weighted by atomic mass is 9.96. The summed E-state index contributed by atoms with van der Waals surface area (Å²) in [5.41, 5.74) is 2.95. The van der Waals surface area contributed by atoms with Gasteiger partial charge in [-0.15, -0.1) is 0 Å². The molecule has 0 saturated heterocycles. The van der Waals surface area contributed by atoms with Crippen molar-refractivity contribution >= 4 is 11.6 Å². The highest BCUT2D eigenvalue weighted by Gasteiger charge is 2.16. The number of hydrogen-bond donors (Lipinski definition) is 1. The Morgan fingerprint density at radius 1 is 0.960 bits per heavy atom. The Kier molecular flexibility index (Phi) is 6.45. The number of carbonyl (C=O) groups is 1. The van der Waals surface area contributed by atoms with Crippen LogP contribution in [0.5, 0.6) is 11.5 Å². The summed E-state index contributed by atoms with van der Waals surface area (Å²) in [6.07, 6.45) is 1.05. The number of amides is 1. The Balaban J connectivity index is 2.09. The van der Waals surface area contributed by atoms with Gasteiger partial charge >= 0.3 is 0 Å². The van der Waals surface area contributed by atoms with Gasteiger partial charge in [0.05, 0.1) is 20.1 Å². The molecule has 1 atom stereocenters. The number of rotatable bonds is 7. The predicted molar refractivity (Wildman–Crippen MR) is 102 cm³/mol. The third-order valence-electron chi connectivity index (χ3n) is 4.14. The standard InChI is InChI=1S/C21H27NO3/c1-14(2)10-16-6-8-17(9-7-16)15(3)21(23)22-18-11-19(24-4)13-20(12-18)25-5/h6-9,11-15H,10H2,1-5H3,(H,22,23)/t15-/m0/s1. The smallest absolute Gasteiger partial charge is 0.231 e. The number of methoxy groups -OCH3 is 2. The molecule has 2 aromatic carbocycles. The Bertz CT molecular complexity index is 685. The van der Waals surface area contributed by atoms with Gasteiger partial charge in [0.15, 0.2) is 0 Å². The van der Waals surface area contributed by atoms with Gasteiger partial charge in [0.25, 0.3) is 0 Å². The van der Waals surface area contributed by atoms with E-state index in [1.165, 1.54) is 5.56 Å². The summed E-state index contributed by atoms with van der Waals surface area (Å²) in [5.74, 6) is 1.59. The van der Waals surface area contributed by atoms with Crippen LogP contribution in [-0.4, -0.2) is 20.1 Å². The number of benzene rings is 2. The van der Waals surface area contributed by atoms with Crippen LogP contribution in [0.3, 0.4) is 0 Å². The molecule has 1 amide bonds. The zero-order valence-corrected chi connectivity index (χ0v) is 15.6. The van der Waals surface area contributed by atoms with Crippen LogP contribution in [0.4, 0.5) is 5.69 Å². The first-order valence-corrected chi connectivity index (χ1v) is 8.55. The number of ether oxygens (including phenoxy) is 2. The lowest BCUT2D eigenvalue weighted by Crippen LogP contribution is -2.19. The van der Waals surface area contributed by atoms with Crippen LogP contribution in [0.1, 0.15) is 37.8 Å². The highest BCUT2D eigenvalue weighted by molar-refractivity contribution is 5.95. The molecule has 2 rings (SSSR count). The molecule has 0 unspecified atom stereocenters. The topological polar surface area (TPSA) is 47.6 Å². The first kappa shape index (κ1) is 18.8. The number of carbonyl (C=O) groups excluding carboxylic acids is 1. The van der Waals surface area contributed by atoms with Gasteiger partial charge < -0.3 is 14.8 Å². The van der Waals surface area contributed by atoms with E-state index in [1.54, 1.807) is 32.4 Å². The number of hydrogen-bond acceptors (Lipinski definition) is 3. The van der Waals surface area contributed by atoms with Crippen molar-refractivity contribution in [2.45, 2.75) is 33.1 Å². The van der Waals surface area contributed by atoms with Crippen molar-refractivity contribution < 1.29 is 14.3 Å². The third kappa shape index (κ3) is 5.24. The fraction of sp³-hybridized carbons (Fsp3) is 0.381. The molecule has 2 aromatic rings. The molecule has 0 fully saturated rings. The van der Waals surface area contributed by atoms with Gasteiger partial charge in [0, 0.05) is 23.9 Å². The highest BCUT2D eigenvalue weighted by atomic mass is 16.5. The number of nitrogens with one attached hydrogen (secondary N) is 1. The van der Waals surface area contributed by atoms with Crippen LogP contribution >= 0.6 is 0 Å². The van der Waals surface area contributed by atoms with Crippen molar-refractivity contribution in [1.82, 2.24) is 0 Å². The fourth-order valence-electron chi connectivity index (χ4n) is 2.70. The molecule has 4 heteroatoms. The van der Waals surface area contributed by atoms with Crippen molar-refractivity contribution in [2.75, 3.05) is 19.5 Å². The van der Waals surface area contributed by atoms with E-state index in [1.807, 2.05) is 19.1 Å². The Morgan fingerprint density at radius 3 is 2.00 bits per heavy atom. The fourth-order valence-corrected chi connectivity index (χ4v) is 2.70. The summed E-state index contributed by atoms with van der Waals surface area (Å²) >= 11 is 0. The molecule has 0 aliphatic carbocycles. The van der Waals surface area contributed by atoms with Crippen LogP contribution < -0.4 is 14.8 Å². The van der Waals surface area contributed by atoms with Crippen LogP contribution in [-0.2, 0) is 11.2 Å². The lowest BCUT2D eigenvalue weighted by Gasteiger charge is -2.15.